The lowest BCUT2D eigenvalue weighted by atomic mass is 9.78. The van der Waals surface area contributed by atoms with Crippen LogP contribution in [0.1, 0.15) is 43.8 Å². The molecule has 0 amide bonds. The number of ether oxygens (including phenoxy) is 1. The summed E-state index contributed by atoms with van der Waals surface area (Å²) in [4.78, 5) is 0. The van der Waals surface area contributed by atoms with Crippen LogP contribution in [0.15, 0.2) is 18.2 Å². The van der Waals surface area contributed by atoms with E-state index >= 15 is 0 Å². The molecule has 3 atom stereocenters. The Hall–Kier alpha value is -0.770. The highest BCUT2D eigenvalue weighted by molar-refractivity contribution is 6.30. The number of benzene rings is 1. The zero-order valence-corrected chi connectivity index (χ0v) is 12.4. The molecule has 1 fully saturated rings. The molecule has 3 rings (SSSR count). The van der Waals surface area contributed by atoms with Crippen LogP contribution in [0, 0.1) is 5.92 Å². The zero-order valence-electron chi connectivity index (χ0n) is 11.6. The van der Waals surface area contributed by atoms with Gasteiger partial charge < -0.3 is 15.2 Å². The molecule has 0 unspecified atom stereocenters. The maximum atomic E-state index is 8.96. The van der Waals surface area contributed by atoms with E-state index in [1.165, 1.54) is 12.0 Å². The van der Waals surface area contributed by atoms with Gasteiger partial charge in [-0.15, -0.1) is 0 Å². The highest BCUT2D eigenvalue weighted by Gasteiger charge is 2.38. The Bertz CT molecular complexity index is 466. The molecule has 20 heavy (non-hydrogen) atoms. The summed E-state index contributed by atoms with van der Waals surface area (Å²) in [7, 11) is 0. The van der Waals surface area contributed by atoms with Gasteiger partial charge in [-0.1, -0.05) is 11.6 Å². The van der Waals surface area contributed by atoms with Crippen LogP contribution >= 0.6 is 11.6 Å². The summed E-state index contributed by atoms with van der Waals surface area (Å²) < 4.78 is 6.05. The third-order valence-electron chi connectivity index (χ3n) is 4.47. The number of rotatable bonds is 4. The van der Waals surface area contributed by atoms with E-state index in [1.807, 2.05) is 12.1 Å². The first-order chi connectivity index (χ1) is 9.79. The number of anilines is 1. The van der Waals surface area contributed by atoms with Crippen LogP contribution in [0.5, 0.6) is 0 Å². The molecular formula is C16H22ClNO2. The molecule has 0 aromatic heterocycles. The van der Waals surface area contributed by atoms with Crippen molar-refractivity contribution in [2.45, 2.75) is 44.2 Å². The van der Waals surface area contributed by atoms with Crippen LogP contribution in [0.25, 0.3) is 0 Å². The van der Waals surface area contributed by atoms with Gasteiger partial charge in [0.1, 0.15) is 0 Å². The van der Waals surface area contributed by atoms with E-state index in [1.54, 1.807) is 0 Å². The van der Waals surface area contributed by atoms with Gasteiger partial charge in [-0.2, -0.15) is 0 Å². The standard InChI is InChI=1S/C16H22ClNO2/c17-11-6-7-15-13(10-11)16-12(4-3-9-20-16)14(18-15)5-1-2-8-19/h6-7,10,12,14,16,18-19H,1-5,8-9H2/t12-,14-,16-/m1/s1. The summed E-state index contributed by atoms with van der Waals surface area (Å²) >= 11 is 6.14. The predicted octanol–water partition coefficient (Wildman–Crippen LogP) is 3.76. The van der Waals surface area contributed by atoms with Crippen molar-refractivity contribution in [3.8, 4) is 0 Å². The Morgan fingerprint density at radius 2 is 2.25 bits per heavy atom. The summed E-state index contributed by atoms with van der Waals surface area (Å²) in [6.07, 6.45) is 5.54. The Balaban J connectivity index is 1.83. The van der Waals surface area contributed by atoms with Crippen molar-refractivity contribution in [2.75, 3.05) is 18.5 Å². The zero-order chi connectivity index (χ0) is 13.9. The Morgan fingerprint density at radius 1 is 1.35 bits per heavy atom. The Labute approximate surface area is 125 Å². The van der Waals surface area contributed by atoms with Crippen molar-refractivity contribution in [1.82, 2.24) is 0 Å². The second-order valence-corrected chi connectivity index (χ2v) is 6.24. The molecule has 0 radical (unpaired) electrons. The number of nitrogens with one attached hydrogen (secondary N) is 1. The normalized spacial score (nSPS) is 28.4. The van der Waals surface area contributed by atoms with E-state index in [0.29, 0.717) is 12.0 Å². The van der Waals surface area contributed by atoms with Crippen molar-refractivity contribution in [1.29, 1.82) is 0 Å². The van der Waals surface area contributed by atoms with Gasteiger partial charge >= 0.3 is 0 Å². The number of unbranched alkanes of at least 4 members (excludes halogenated alkanes) is 1. The molecule has 3 nitrogen and oxygen atoms in total. The van der Waals surface area contributed by atoms with Gasteiger partial charge in [-0.05, 0) is 50.3 Å². The van der Waals surface area contributed by atoms with Crippen molar-refractivity contribution < 1.29 is 9.84 Å². The van der Waals surface area contributed by atoms with E-state index in [-0.39, 0.29) is 12.7 Å². The van der Waals surface area contributed by atoms with E-state index in [9.17, 15) is 0 Å². The first-order valence-electron chi connectivity index (χ1n) is 7.58. The third kappa shape index (κ3) is 2.80. The van der Waals surface area contributed by atoms with Gasteiger partial charge in [0.25, 0.3) is 0 Å². The minimum atomic E-state index is 0.179. The molecule has 1 aromatic carbocycles. The first kappa shape index (κ1) is 14.2. The summed E-state index contributed by atoms with van der Waals surface area (Å²) in [6.45, 7) is 1.12. The molecule has 0 saturated carbocycles. The average molecular weight is 296 g/mol. The number of aliphatic hydroxyl groups excluding tert-OH is 1. The first-order valence-corrected chi connectivity index (χ1v) is 7.96. The second kappa shape index (κ2) is 6.33. The van der Waals surface area contributed by atoms with Gasteiger partial charge in [0.05, 0.1) is 6.10 Å². The summed E-state index contributed by atoms with van der Waals surface area (Å²) in [5.74, 6) is 0.522. The molecule has 2 aliphatic heterocycles. The third-order valence-corrected chi connectivity index (χ3v) is 4.70. The van der Waals surface area contributed by atoms with Gasteiger partial charge in [-0.25, -0.2) is 0 Å². The second-order valence-electron chi connectivity index (χ2n) is 5.80. The molecule has 1 aromatic rings. The van der Waals surface area contributed by atoms with E-state index in [4.69, 9.17) is 21.4 Å². The Kier molecular flexibility index (Phi) is 4.49. The largest absolute Gasteiger partial charge is 0.396 e. The van der Waals surface area contributed by atoms with Crippen molar-refractivity contribution in [3.63, 3.8) is 0 Å². The SMILES string of the molecule is OCCCC[C@H]1Nc2ccc(Cl)cc2[C@@H]2OCCC[C@H]12. The lowest BCUT2D eigenvalue weighted by Gasteiger charge is -2.43. The number of aliphatic hydroxyl groups is 1. The maximum absolute atomic E-state index is 8.96. The van der Waals surface area contributed by atoms with Crippen molar-refractivity contribution in [3.05, 3.63) is 28.8 Å². The fourth-order valence-electron chi connectivity index (χ4n) is 3.51. The highest BCUT2D eigenvalue weighted by Crippen LogP contribution is 2.45. The van der Waals surface area contributed by atoms with Gasteiger partial charge in [0.2, 0.25) is 0 Å². The minimum absolute atomic E-state index is 0.179. The lowest BCUT2D eigenvalue weighted by molar-refractivity contribution is -0.0387. The summed E-state index contributed by atoms with van der Waals surface area (Å²) in [6, 6.07) is 6.48. The molecule has 4 heteroatoms. The molecule has 110 valence electrons. The van der Waals surface area contributed by atoms with Crippen LogP contribution in [-0.2, 0) is 4.74 Å². The molecule has 2 N–H and O–H groups in total. The van der Waals surface area contributed by atoms with Crippen molar-refractivity contribution in [2.24, 2.45) is 5.92 Å². The Morgan fingerprint density at radius 3 is 3.10 bits per heavy atom. The molecule has 1 saturated heterocycles. The highest BCUT2D eigenvalue weighted by atomic mass is 35.5. The smallest absolute Gasteiger partial charge is 0.0893 e. The fourth-order valence-corrected chi connectivity index (χ4v) is 3.69. The van der Waals surface area contributed by atoms with Crippen LogP contribution in [0.4, 0.5) is 5.69 Å². The van der Waals surface area contributed by atoms with Crippen LogP contribution in [0.3, 0.4) is 0 Å². The topological polar surface area (TPSA) is 41.5 Å². The van der Waals surface area contributed by atoms with Crippen molar-refractivity contribution >= 4 is 17.3 Å². The number of hydrogen-bond acceptors (Lipinski definition) is 3. The van der Waals surface area contributed by atoms with Gasteiger partial charge in [-0.3, -0.25) is 0 Å². The molecule has 0 aliphatic carbocycles. The monoisotopic (exact) mass is 295 g/mol. The lowest BCUT2D eigenvalue weighted by Crippen LogP contribution is -2.41. The van der Waals surface area contributed by atoms with Crippen LogP contribution < -0.4 is 5.32 Å². The van der Waals surface area contributed by atoms with E-state index in [2.05, 4.69) is 11.4 Å². The van der Waals surface area contributed by atoms with Crippen LogP contribution in [0.2, 0.25) is 5.02 Å². The molecule has 0 spiro atoms. The number of hydrogen-bond donors (Lipinski definition) is 2. The average Bonchev–Trinajstić information content (AvgIpc) is 2.48. The minimum Gasteiger partial charge on any atom is -0.396 e. The van der Waals surface area contributed by atoms with Gasteiger partial charge in [0.15, 0.2) is 0 Å². The predicted molar refractivity (Wildman–Crippen MR) is 81.2 cm³/mol. The fraction of sp³-hybridized carbons (Fsp3) is 0.625. The number of halogens is 1. The maximum Gasteiger partial charge on any atom is 0.0893 e. The van der Waals surface area contributed by atoms with Crippen LogP contribution in [-0.4, -0.2) is 24.4 Å². The van der Waals surface area contributed by atoms with E-state index < -0.39 is 0 Å². The summed E-state index contributed by atoms with van der Waals surface area (Å²) in [5.41, 5.74) is 2.37. The summed E-state index contributed by atoms with van der Waals surface area (Å²) in [5, 5.41) is 13.4. The number of fused-ring (bicyclic) bond motifs is 3. The molecule has 2 aliphatic rings. The van der Waals surface area contributed by atoms with E-state index in [0.717, 1.165) is 43.0 Å². The van der Waals surface area contributed by atoms with Gasteiger partial charge in [0, 0.05) is 41.4 Å². The molecule has 0 bridgehead atoms. The molecule has 2 heterocycles. The quantitative estimate of drug-likeness (QED) is 0.831. The molecular weight excluding hydrogens is 274 g/mol.